The number of likely N-dealkylation sites (tertiary alicyclic amines) is 1. The van der Waals surface area contributed by atoms with Gasteiger partial charge in [-0.1, -0.05) is 0 Å². The molecule has 1 heterocycles. The Morgan fingerprint density at radius 2 is 1.89 bits per heavy atom. The zero-order valence-corrected chi connectivity index (χ0v) is 11.5. The van der Waals surface area contributed by atoms with Crippen molar-refractivity contribution >= 4 is 11.8 Å². The number of rotatable bonds is 3. The first-order valence-corrected chi connectivity index (χ1v) is 6.14. The molecule has 0 aromatic rings. The van der Waals surface area contributed by atoms with E-state index in [1.54, 1.807) is 4.90 Å². The molecule has 1 rings (SSSR count). The zero-order chi connectivity index (χ0) is 14.6. The molecule has 6 heteroatoms. The maximum Gasteiger partial charge on any atom is 0.229 e. The van der Waals surface area contributed by atoms with Gasteiger partial charge in [-0.2, -0.15) is 10.5 Å². The molecule has 0 N–H and O–H groups in total. The molecule has 0 radical (unpaired) electrons. The van der Waals surface area contributed by atoms with Crippen LogP contribution in [-0.4, -0.2) is 46.8 Å². The third kappa shape index (κ3) is 3.45. The quantitative estimate of drug-likeness (QED) is 0.693. The fourth-order valence-electron chi connectivity index (χ4n) is 2.16. The van der Waals surface area contributed by atoms with Gasteiger partial charge in [-0.25, -0.2) is 0 Å². The van der Waals surface area contributed by atoms with Crippen LogP contribution in [0.2, 0.25) is 0 Å². The molecule has 0 aromatic heterocycles. The number of hydrogen-bond acceptors (Lipinski definition) is 4. The summed E-state index contributed by atoms with van der Waals surface area (Å²) in [4.78, 5) is 27.0. The van der Waals surface area contributed by atoms with Gasteiger partial charge >= 0.3 is 0 Å². The molecule has 2 amide bonds. The molecule has 102 valence electrons. The Balaban J connectivity index is 2.78. The van der Waals surface area contributed by atoms with Crippen LogP contribution in [0.15, 0.2) is 0 Å². The summed E-state index contributed by atoms with van der Waals surface area (Å²) in [6.07, 6.45) is 0.156. The highest BCUT2D eigenvalue weighted by Crippen LogP contribution is 2.26. The molecular formula is C13H18N4O2. The van der Waals surface area contributed by atoms with E-state index in [0.717, 1.165) is 0 Å². The van der Waals surface area contributed by atoms with Crippen LogP contribution in [-0.2, 0) is 9.59 Å². The Morgan fingerprint density at radius 3 is 2.26 bits per heavy atom. The third-order valence-corrected chi connectivity index (χ3v) is 3.12. The molecule has 1 aliphatic heterocycles. The maximum atomic E-state index is 12.2. The van der Waals surface area contributed by atoms with Crippen molar-refractivity contribution in [3.63, 3.8) is 0 Å². The molecule has 1 atom stereocenters. The number of carbonyl (C=O) groups excluding carboxylic acids is 2. The number of amides is 2. The lowest BCUT2D eigenvalue weighted by Crippen LogP contribution is -2.43. The minimum Gasteiger partial charge on any atom is -0.337 e. The second-order valence-corrected chi connectivity index (χ2v) is 5.59. The highest BCUT2D eigenvalue weighted by atomic mass is 16.2. The van der Waals surface area contributed by atoms with Gasteiger partial charge in [-0.15, -0.1) is 0 Å². The Bertz CT molecular complexity index is 437. The van der Waals surface area contributed by atoms with Crippen molar-refractivity contribution in [1.29, 1.82) is 10.5 Å². The van der Waals surface area contributed by atoms with Gasteiger partial charge in [0, 0.05) is 18.5 Å². The third-order valence-electron chi connectivity index (χ3n) is 3.12. The first-order valence-electron chi connectivity index (χ1n) is 6.14. The highest BCUT2D eigenvalue weighted by molar-refractivity contribution is 5.89. The second kappa shape index (κ2) is 5.71. The van der Waals surface area contributed by atoms with E-state index in [1.807, 2.05) is 32.9 Å². The lowest BCUT2D eigenvalue weighted by molar-refractivity contribution is -0.134. The van der Waals surface area contributed by atoms with Crippen LogP contribution < -0.4 is 0 Å². The van der Waals surface area contributed by atoms with Gasteiger partial charge in [-0.05, 0) is 20.8 Å². The van der Waals surface area contributed by atoms with Crippen molar-refractivity contribution in [2.24, 2.45) is 5.92 Å². The molecule has 6 nitrogen and oxygen atoms in total. The smallest absolute Gasteiger partial charge is 0.229 e. The maximum absolute atomic E-state index is 12.2. The molecule has 0 unspecified atom stereocenters. The summed E-state index contributed by atoms with van der Waals surface area (Å²) in [7, 11) is 0. The highest BCUT2D eigenvalue weighted by Gasteiger charge is 2.40. The second-order valence-electron chi connectivity index (χ2n) is 5.59. The summed E-state index contributed by atoms with van der Waals surface area (Å²) in [6.45, 7) is 5.87. The van der Waals surface area contributed by atoms with Crippen molar-refractivity contribution in [3.8, 4) is 12.1 Å². The Hall–Kier alpha value is -2.08. The van der Waals surface area contributed by atoms with E-state index in [0.29, 0.717) is 6.54 Å². The lowest BCUT2D eigenvalue weighted by Gasteiger charge is -2.32. The molecule has 0 aliphatic carbocycles. The van der Waals surface area contributed by atoms with E-state index in [1.165, 1.54) is 4.90 Å². The number of hydrogen-bond donors (Lipinski definition) is 0. The first-order chi connectivity index (χ1) is 8.81. The van der Waals surface area contributed by atoms with Crippen molar-refractivity contribution in [2.75, 3.05) is 19.6 Å². The monoisotopic (exact) mass is 262 g/mol. The number of carbonyl (C=O) groups is 2. The standard InChI is InChI=1S/C13H18N4O2/c1-13(2,3)17-9-10(8-11(17)18)12(19)16(6-4-14)7-5-15/h10H,6-9H2,1-3H3/t10-/m1/s1. The van der Waals surface area contributed by atoms with Crippen molar-refractivity contribution in [3.05, 3.63) is 0 Å². The summed E-state index contributed by atoms with van der Waals surface area (Å²) < 4.78 is 0. The van der Waals surface area contributed by atoms with Gasteiger partial charge in [0.05, 0.1) is 18.1 Å². The average Bonchev–Trinajstić information content (AvgIpc) is 2.70. The minimum absolute atomic E-state index is 0.0558. The Morgan fingerprint density at radius 1 is 1.37 bits per heavy atom. The van der Waals surface area contributed by atoms with Gasteiger partial charge in [0.15, 0.2) is 0 Å². The Labute approximate surface area is 113 Å². The van der Waals surface area contributed by atoms with Gasteiger partial charge in [0.25, 0.3) is 0 Å². The summed E-state index contributed by atoms with van der Waals surface area (Å²) in [5, 5.41) is 17.3. The van der Waals surface area contributed by atoms with Gasteiger partial charge in [0.1, 0.15) is 13.1 Å². The van der Waals surface area contributed by atoms with E-state index in [9.17, 15) is 9.59 Å². The predicted molar refractivity (Wildman–Crippen MR) is 67.4 cm³/mol. The number of nitriles is 2. The predicted octanol–water partition coefficient (Wildman–Crippen LogP) is 0.509. The van der Waals surface area contributed by atoms with Gasteiger partial charge in [-0.3, -0.25) is 9.59 Å². The molecule has 0 bridgehead atoms. The van der Waals surface area contributed by atoms with Gasteiger partial charge in [0.2, 0.25) is 11.8 Å². The zero-order valence-electron chi connectivity index (χ0n) is 11.5. The molecular weight excluding hydrogens is 244 g/mol. The summed E-state index contributed by atoms with van der Waals surface area (Å²) in [5.74, 6) is -0.795. The van der Waals surface area contributed by atoms with Crippen molar-refractivity contribution < 1.29 is 9.59 Å². The van der Waals surface area contributed by atoms with E-state index in [-0.39, 0.29) is 36.9 Å². The minimum atomic E-state index is -0.451. The molecule has 0 aromatic carbocycles. The van der Waals surface area contributed by atoms with Crippen molar-refractivity contribution in [1.82, 2.24) is 9.80 Å². The fraction of sp³-hybridized carbons (Fsp3) is 0.692. The van der Waals surface area contributed by atoms with Crippen LogP contribution in [0.4, 0.5) is 0 Å². The molecule has 1 aliphatic rings. The molecule has 0 spiro atoms. The summed E-state index contributed by atoms with van der Waals surface area (Å²) in [5.41, 5.74) is -0.318. The summed E-state index contributed by atoms with van der Waals surface area (Å²) >= 11 is 0. The van der Waals surface area contributed by atoms with E-state index < -0.39 is 5.92 Å². The SMILES string of the molecule is CC(C)(C)N1C[C@H](C(=O)N(CC#N)CC#N)CC1=O. The van der Waals surface area contributed by atoms with E-state index in [4.69, 9.17) is 10.5 Å². The van der Waals surface area contributed by atoms with E-state index >= 15 is 0 Å². The van der Waals surface area contributed by atoms with Crippen LogP contribution in [0.5, 0.6) is 0 Å². The van der Waals surface area contributed by atoms with E-state index in [2.05, 4.69) is 0 Å². The fourth-order valence-corrected chi connectivity index (χ4v) is 2.16. The number of nitrogens with zero attached hydrogens (tertiary/aromatic N) is 4. The van der Waals surface area contributed by atoms with Crippen LogP contribution in [0.3, 0.4) is 0 Å². The normalized spacial score (nSPS) is 18.9. The van der Waals surface area contributed by atoms with Crippen LogP contribution in [0.1, 0.15) is 27.2 Å². The lowest BCUT2D eigenvalue weighted by atomic mass is 10.1. The summed E-state index contributed by atoms with van der Waals surface area (Å²) in [6, 6.07) is 3.73. The van der Waals surface area contributed by atoms with Crippen LogP contribution >= 0.6 is 0 Å². The molecule has 0 saturated carbocycles. The van der Waals surface area contributed by atoms with Crippen LogP contribution in [0.25, 0.3) is 0 Å². The largest absolute Gasteiger partial charge is 0.337 e. The first kappa shape index (κ1) is 15.0. The van der Waals surface area contributed by atoms with Gasteiger partial charge < -0.3 is 9.80 Å². The van der Waals surface area contributed by atoms with Crippen molar-refractivity contribution in [2.45, 2.75) is 32.7 Å². The average molecular weight is 262 g/mol. The molecule has 1 fully saturated rings. The van der Waals surface area contributed by atoms with Crippen LogP contribution in [0, 0.1) is 28.6 Å². The Kier molecular flexibility index (Phi) is 4.50. The topological polar surface area (TPSA) is 88.2 Å². The molecule has 19 heavy (non-hydrogen) atoms. The molecule has 1 saturated heterocycles.